The second kappa shape index (κ2) is 4.12. The van der Waals surface area contributed by atoms with Crippen molar-refractivity contribution in [2.75, 3.05) is 13.1 Å². The first-order valence-electron chi connectivity index (χ1n) is 5.63. The number of carbonyl (C=O) groups excluding carboxylic acids is 1. The van der Waals surface area contributed by atoms with E-state index in [-0.39, 0.29) is 17.0 Å². The lowest BCUT2D eigenvalue weighted by Crippen LogP contribution is -2.29. The fourth-order valence-corrected chi connectivity index (χ4v) is 1.92. The van der Waals surface area contributed by atoms with Crippen LogP contribution in [0.1, 0.15) is 41.0 Å². The van der Waals surface area contributed by atoms with Crippen molar-refractivity contribution in [3.8, 4) is 0 Å². The van der Waals surface area contributed by atoms with Gasteiger partial charge in [0.05, 0.1) is 6.42 Å². The van der Waals surface area contributed by atoms with Crippen LogP contribution in [0, 0.1) is 11.3 Å². The van der Waals surface area contributed by atoms with Crippen LogP contribution in [-0.2, 0) is 9.53 Å². The maximum atomic E-state index is 11.7. The average Bonchev–Trinajstić information content (AvgIpc) is 2.26. The molecule has 0 aromatic rings. The van der Waals surface area contributed by atoms with E-state index in [1.807, 2.05) is 20.8 Å². The molecule has 1 unspecified atom stereocenters. The van der Waals surface area contributed by atoms with E-state index in [0.717, 1.165) is 13.1 Å². The van der Waals surface area contributed by atoms with Crippen LogP contribution >= 0.6 is 0 Å². The summed E-state index contributed by atoms with van der Waals surface area (Å²) in [6.07, 6.45) is 0.525. The molecule has 1 atom stereocenters. The molecule has 0 saturated carbocycles. The minimum absolute atomic E-state index is 0.0794. The van der Waals surface area contributed by atoms with Crippen molar-refractivity contribution in [1.82, 2.24) is 5.32 Å². The summed E-state index contributed by atoms with van der Waals surface area (Å²) in [5.74, 6) is 0.316. The van der Waals surface area contributed by atoms with Crippen LogP contribution in [0.4, 0.5) is 0 Å². The van der Waals surface area contributed by atoms with Gasteiger partial charge in [0.25, 0.3) is 0 Å². The number of rotatable bonds is 2. The molecule has 1 aliphatic rings. The van der Waals surface area contributed by atoms with Gasteiger partial charge in [-0.15, -0.1) is 0 Å². The molecule has 88 valence electrons. The number of ether oxygens (including phenoxy) is 1. The minimum atomic E-state index is -0.368. The Hall–Kier alpha value is -0.570. The summed E-state index contributed by atoms with van der Waals surface area (Å²) in [6.45, 7) is 12.0. The predicted octanol–water partition coefficient (Wildman–Crippen LogP) is 1.96. The lowest BCUT2D eigenvalue weighted by Gasteiger charge is -2.26. The zero-order valence-corrected chi connectivity index (χ0v) is 10.5. The average molecular weight is 213 g/mol. The first-order chi connectivity index (χ1) is 6.71. The Labute approximate surface area is 92.6 Å². The fraction of sp³-hybridized carbons (Fsp3) is 0.917. The fourth-order valence-electron chi connectivity index (χ4n) is 1.92. The van der Waals surface area contributed by atoms with E-state index in [0.29, 0.717) is 12.3 Å². The van der Waals surface area contributed by atoms with Crippen LogP contribution in [0.15, 0.2) is 0 Å². The van der Waals surface area contributed by atoms with Gasteiger partial charge in [0.1, 0.15) is 5.60 Å². The molecule has 0 aromatic carbocycles. The molecule has 3 heteroatoms. The van der Waals surface area contributed by atoms with Crippen LogP contribution in [0.3, 0.4) is 0 Å². The third kappa shape index (κ3) is 3.82. The topological polar surface area (TPSA) is 38.3 Å². The van der Waals surface area contributed by atoms with E-state index in [1.54, 1.807) is 0 Å². The van der Waals surface area contributed by atoms with E-state index in [9.17, 15) is 4.79 Å². The van der Waals surface area contributed by atoms with Crippen LogP contribution in [0.5, 0.6) is 0 Å². The SMILES string of the molecule is CC(C)(C)OC(=O)CC1CNCC1(C)C. The summed E-state index contributed by atoms with van der Waals surface area (Å²) in [5, 5.41) is 3.32. The Balaban J connectivity index is 2.45. The normalized spacial score (nSPS) is 25.3. The second-order valence-electron chi connectivity index (χ2n) is 6.11. The maximum Gasteiger partial charge on any atom is 0.306 e. The van der Waals surface area contributed by atoms with Crippen molar-refractivity contribution < 1.29 is 9.53 Å². The van der Waals surface area contributed by atoms with Gasteiger partial charge in [0.15, 0.2) is 0 Å². The van der Waals surface area contributed by atoms with Crippen LogP contribution < -0.4 is 5.32 Å². The molecular weight excluding hydrogens is 190 g/mol. The van der Waals surface area contributed by atoms with Crippen molar-refractivity contribution in [3.05, 3.63) is 0 Å². The number of carbonyl (C=O) groups is 1. The minimum Gasteiger partial charge on any atom is -0.460 e. The lowest BCUT2D eigenvalue weighted by atomic mass is 9.80. The zero-order chi connectivity index (χ0) is 11.7. The van der Waals surface area contributed by atoms with Gasteiger partial charge in [-0.2, -0.15) is 0 Å². The molecule has 0 radical (unpaired) electrons. The number of esters is 1. The molecule has 0 spiro atoms. The summed E-state index contributed by atoms with van der Waals surface area (Å²) in [5.41, 5.74) is -0.163. The van der Waals surface area contributed by atoms with E-state index in [1.165, 1.54) is 0 Å². The molecular formula is C12H23NO2. The highest BCUT2D eigenvalue weighted by atomic mass is 16.6. The van der Waals surface area contributed by atoms with E-state index >= 15 is 0 Å². The molecule has 3 nitrogen and oxygen atoms in total. The molecule has 1 rings (SSSR count). The van der Waals surface area contributed by atoms with Crippen molar-refractivity contribution in [2.24, 2.45) is 11.3 Å². The van der Waals surface area contributed by atoms with Crippen LogP contribution in [0.2, 0.25) is 0 Å². The van der Waals surface area contributed by atoms with E-state index in [2.05, 4.69) is 19.2 Å². The van der Waals surface area contributed by atoms with Crippen molar-refractivity contribution in [3.63, 3.8) is 0 Å². The zero-order valence-electron chi connectivity index (χ0n) is 10.5. The highest BCUT2D eigenvalue weighted by molar-refractivity contribution is 5.70. The number of hydrogen-bond donors (Lipinski definition) is 1. The highest BCUT2D eigenvalue weighted by Crippen LogP contribution is 2.33. The maximum absolute atomic E-state index is 11.7. The number of nitrogens with one attached hydrogen (secondary N) is 1. The number of hydrogen-bond acceptors (Lipinski definition) is 3. The molecule has 1 fully saturated rings. The Morgan fingerprint density at radius 1 is 1.47 bits per heavy atom. The van der Waals surface area contributed by atoms with Crippen LogP contribution in [0.25, 0.3) is 0 Å². The van der Waals surface area contributed by atoms with Crippen LogP contribution in [-0.4, -0.2) is 24.7 Å². The molecule has 1 heterocycles. The molecule has 1 saturated heterocycles. The van der Waals surface area contributed by atoms with Gasteiger partial charge in [-0.1, -0.05) is 13.8 Å². The Kier molecular flexibility index (Phi) is 3.44. The Morgan fingerprint density at radius 2 is 2.07 bits per heavy atom. The van der Waals surface area contributed by atoms with E-state index in [4.69, 9.17) is 4.74 Å². The lowest BCUT2D eigenvalue weighted by molar-refractivity contribution is -0.156. The van der Waals surface area contributed by atoms with Gasteiger partial charge in [-0.05, 0) is 38.6 Å². The summed E-state index contributed by atoms with van der Waals surface area (Å²) >= 11 is 0. The summed E-state index contributed by atoms with van der Waals surface area (Å²) in [7, 11) is 0. The molecule has 1 aliphatic heterocycles. The quantitative estimate of drug-likeness (QED) is 0.713. The van der Waals surface area contributed by atoms with Gasteiger partial charge < -0.3 is 10.1 Å². The van der Waals surface area contributed by atoms with Gasteiger partial charge in [0.2, 0.25) is 0 Å². The largest absolute Gasteiger partial charge is 0.460 e. The second-order valence-corrected chi connectivity index (χ2v) is 6.11. The summed E-state index contributed by atoms with van der Waals surface area (Å²) in [6, 6.07) is 0. The summed E-state index contributed by atoms with van der Waals surface area (Å²) < 4.78 is 5.33. The van der Waals surface area contributed by atoms with Crippen molar-refractivity contribution in [1.29, 1.82) is 0 Å². The van der Waals surface area contributed by atoms with Gasteiger partial charge in [0, 0.05) is 6.54 Å². The van der Waals surface area contributed by atoms with Crippen molar-refractivity contribution >= 4 is 5.97 Å². The molecule has 0 amide bonds. The molecule has 0 aromatic heterocycles. The van der Waals surface area contributed by atoms with Gasteiger partial charge >= 0.3 is 5.97 Å². The third-order valence-corrected chi connectivity index (χ3v) is 2.91. The first-order valence-corrected chi connectivity index (χ1v) is 5.63. The first kappa shape index (κ1) is 12.5. The Morgan fingerprint density at radius 3 is 2.47 bits per heavy atom. The standard InChI is InChI=1S/C12H23NO2/c1-11(2,3)15-10(14)6-9-7-13-8-12(9,4)5/h9,13H,6-8H2,1-5H3. The van der Waals surface area contributed by atoms with E-state index < -0.39 is 0 Å². The predicted molar refractivity (Wildman–Crippen MR) is 60.6 cm³/mol. The molecule has 15 heavy (non-hydrogen) atoms. The highest BCUT2D eigenvalue weighted by Gasteiger charge is 2.36. The molecule has 0 bridgehead atoms. The Bertz CT molecular complexity index is 240. The van der Waals surface area contributed by atoms with Gasteiger partial charge in [-0.25, -0.2) is 0 Å². The molecule has 0 aliphatic carbocycles. The summed E-state index contributed by atoms with van der Waals surface area (Å²) in [4.78, 5) is 11.7. The third-order valence-electron chi connectivity index (χ3n) is 2.91. The van der Waals surface area contributed by atoms with Crippen molar-refractivity contribution in [2.45, 2.75) is 46.6 Å². The molecule has 1 N–H and O–H groups in total. The monoisotopic (exact) mass is 213 g/mol. The smallest absolute Gasteiger partial charge is 0.306 e. The van der Waals surface area contributed by atoms with Gasteiger partial charge in [-0.3, -0.25) is 4.79 Å².